The maximum absolute atomic E-state index is 13.0. The van der Waals surface area contributed by atoms with E-state index in [-0.39, 0.29) is 5.91 Å². The van der Waals surface area contributed by atoms with Crippen LogP contribution in [0.5, 0.6) is 0 Å². The van der Waals surface area contributed by atoms with Crippen molar-refractivity contribution in [2.24, 2.45) is 0 Å². The Bertz CT molecular complexity index is 671. The highest BCUT2D eigenvalue weighted by atomic mass is 79.9. The van der Waals surface area contributed by atoms with Gasteiger partial charge in [-0.3, -0.25) is 9.78 Å². The Morgan fingerprint density at radius 1 is 1.38 bits per heavy atom. The summed E-state index contributed by atoms with van der Waals surface area (Å²) in [6, 6.07) is 10.1. The summed E-state index contributed by atoms with van der Waals surface area (Å²) in [6.45, 7) is 2.80. The van der Waals surface area contributed by atoms with E-state index < -0.39 is 0 Å². The lowest BCUT2D eigenvalue weighted by Crippen LogP contribution is -2.44. The lowest BCUT2D eigenvalue weighted by atomic mass is 10.0. The van der Waals surface area contributed by atoms with Gasteiger partial charge in [-0.05, 0) is 38.3 Å². The summed E-state index contributed by atoms with van der Waals surface area (Å²) >= 11 is 3.55. The standard InChI is InChI=1S/C17H19BrN2O/c1-12-10-15(14-7-2-3-8-16(14)19-12)17(21)20-9-5-4-6-13(20)11-18/h2-3,7-8,10,13H,4-6,9,11H2,1H3. The zero-order valence-corrected chi connectivity index (χ0v) is 13.8. The number of para-hydroxylation sites is 1. The number of fused-ring (bicyclic) bond motifs is 1. The number of carbonyl (C=O) groups excluding carboxylic acids is 1. The molecular formula is C17H19BrN2O. The first kappa shape index (κ1) is 14.5. The maximum atomic E-state index is 13.0. The first-order chi connectivity index (χ1) is 10.2. The predicted octanol–water partition coefficient (Wildman–Crippen LogP) is 3.93. The molecular weight excluding hydrogens is 328 g/mol. The molecule has 1 amide bonds. The molecule has 1 saturated heterocycles. The van der Waals surface area contributed by atoms with E-state index in [0.717, 1.165) is 46.9 Å². The van der Waals surface area contributed by atoms with Crippen molar-refractivity contribution in [2.75, 3.05) is 11.9 Å². The molecule has 1 atom stereocenters. The third kappa shape index (κ3) is 2.82. The van der Waals surface area contributed by atoms with Crippen molar-refractivity contribution in [3.63, 3.8) is 0 Å². The summed E-state index contributed by atoms with van der Waals surface area (Å²) in [5.74, 6) is 0.140. The van der Waals surface area contributed by atoms with Gasteiger partial charge in [-0.25, -0.2) is 0 Å². The van der Waals surface area contributed by atoms with Crippen molar-refractivity contribution < 1.29 is 4.79 Å². The highest BCUT2D eigenvalue weighted by Crippen LogP contribution is 2.25. The number of halogens is 1. The number of carbonyl (C=O) groups is 1. The molecule has 1 aliphatic heterocycles. The number of hydrogen-bond donors (Lipinski definition) is 0. The number of rotatable bonds is 2. The Labute approximate surface area is 133 Å². The zero-order valence-electron chi connectivity index (χ0n) is 12.2. The molecule has 0 bridgehead atoms. The second-order valence-corrected chi connectivity index (χ2v) is 6.28. The van der Waals surface area contributed by atoms with Crippen LogP contribution in [0.3, 0.4) is 0 Å². The van der Waals surface area contributed by atoms with Crippen LogP contribution in [0.15, 0.2) is 30.3 Å². The summed E-state index contributed by atoms with van der Waals surface area (Å²) in [5.41, 5.74) is 2.57. The number of likely N-dealkylation sites (tertiary alicyclic amines) is 1. The smallest absolute Gasteiger partial charge is 0.254 e. The van der Waals surface area contributed by atoms with Crippen LogP contribution < -0.4 is 0 Å². The van der Waals surface area contributed by atoms with Gasteiger partial charge >= 0.3 is 0 Å². The molecule has 0 aliphatic carbocycles. The average molecular weight is 347 g/mol. The Balaban J connectivity index is 2.04. The largest absolute Gasteiger partial charge is 0.335 e. The average Bonchev–Trinajstić information content (AvgIpc) is 2.53. The fourth-order valence-corrected chi connectivity index (χ4v) is 3.74. The minimum Gasteiger partial charge on any atom is -0.335 e. The number of piperidine rings is 1. The van der Waals surface area contributed by atoms with Crippen LogP contribution in [-0.4, -0.2) is 33.7 Å². The van der Waals surface area contributed by atoms with Crippen molar-refractivity contribution in [3.05, 3.63) is 41.6 Å². The number of benzene rings is 1. The second-order valence-electron chi connectivity index (χ2n) is 5.63. The molecule has 1 aliphatic rings. The lowest BCUT2D eigenvalue weighted by Gasteiger charge is -2.35. The number of aryl methyl sites for hydroxylation is 1. The van der Waals surface area contributed by atoms with Gasteiger partial charge < -0.3 is 4.90 Å². The van der Waals surface area contributed by atoms with Crippen LogP contribution in [0.2, 0.25) is 0 Å². The van der Waals surface area contributed by atoms with Gasteiger partial charge in [-0.1, -0.05) is 34.1 Å². The first-order valence-corrected chi connectivity index (χ1v) is 8.56. The molecule has 1 fully saturated rings. The van der Waals surface area contributed by atoms with E-state index in [1.807, 2.05) is 42.2 Å². The minimum absolute atomic E-state index is 0.140. The Kier molecular flexibility index (Phi) is 4.24. The first-order valence-electron chi connectivity index (χ1n) is 7.44. The number of aromatic nitrogens is 1. The van der Waals surface area contributed by atoms with Crippen molar-refractivity contribution in [3.8, 4) is 0 Å². The third-order valence-corrected chi connectivity index (χ3v) is 4.89. The minimum atomic E-state index is 0.140. The molecule has 0 spiro atoms. The van der Waals surface area contributed by atoms with Gasteiger partial charge in [0.15, 0.2) is 0 Å². The normalized spacial score (nSPS) is 19.0. The summed E-state index contributed by atoms with van der Waals surface area (Å²) in [6.07, 6.45) is 3.38. The molecule has 2 heterocycles. The van der Waals surface area contributed by atoms with Gasteiger partial charge in [-0.15, -0.1) is 0 Å². The van der Waals surface area contributed by atoms with Gasteiger partial charge in [0.05, 0.1) is 11.1 Å². The molecule has 1 aromatic heterocycles. The van der Waals surface area contributed by atoms with Crippen molar-refractivity contribution in [2.45, 2.75) is 32.2 Å². The van der Waals surface area contributed by atoms with Gasteiger partial charge in [0.1, 0.15) is 0 Å². The van der Waals surface area contributed by atoms with E-state index in [2.05, 4.69) is 20.9 Å². The van der Waals surface area contributed by atoms with Crippen LogP contribution in [0.25, 0.3) is 10.9 Å². The number of amides is 1. The summed E-state index contributed by atoms with van der Waals surface area (Å²) in [5, 5.41) is 1.80. The van der Waals surface area contributed by atoms with E-state index in [9.17, 15) is 4.79 Å². The number of nitrogens with zero attached hydrogens (tertiary/aromatic N) is 2. The molecule has 1 aromatic carbocycles. The molecule has 2 aromatic rings. The fourth-order valence-electron chi connectivity index (χ4n) is 3.07. The highest BCUT2D eigenvalue weighted by molar-refractivity contribution is 9.09. The van der Waals surface area contributed by atoms with E-state index in [0.29, 0.717) is 6.04 Å². The van der Waals surface area contributed by atoms with Gasteiger partial charge in [0.25, 0.3) is 5.91 Å². The Hall–Kier alpha value is -1.42. The zero-order chi connectivity index (χ0) is 14.8. The molecule has 3 nitrogen and oxygen atoms in total. The van der Waals surface area contributed by atoms with Crippen LogP contribution in [0.1, 0.15) is 35.3 Å². The molecule has 0 radical (unpaired) electrons. The van der Waals surface area contributed by atoms with E-state index >= 15 is 0 Å². The number of hydrogen-bond acceptors (Lipinski definition) is 2. The highest BCUT2D eigenvalue weighted by Gasteiger charge is 2.27. The molecule has 3 rings (SSSR count). The SMILES string of the molecule is Cc1cc(C(=O)N2CCCCC2CBr)c2ccccc2n1. The molecule has 4 heteroatoms. The van der Waals surface area contributed by atoms with E-state index in [1.165, 1.54) is 6.42 Å². The number of pyridine rings is 1. The lowest BCUT2D eigenvalue weighted by molar-refractivity contribution is 0.0644. The van der Waals surface area contributed by atoms with E-state index in [1.54, 1.807) is 0 Å². The molecule has 0 saturated carbocycles. The van der Waals surface area contributed by atoms with Crippen LogP contribution in [-0.2, 0) is 0 Å². The summed E-state index contributed by atoms with van der Waals surface area (Å²) in [4.78, 5) is 19.6. The Morgan fingerprint density at radius 3 is 3.00 bits per heavy atom. The van der Waals surface area contributed by atoms with Gasteiger partial charge in [-0.2, -0.15) is 0 Å². The van der Waals surface area contributed by atoms with Crippen molar-refractivity contribution >= 4 is 32.7 Å². The van der Waals surface area contributed by atoms with Crippen LogP contribution in [0, 0.1) is 6.92 Å². The molecule has 21 heavy (non-hydrogen) atoms. The summed E-state index contributed by atoms with van der Waals surface area (Å²) < 4.78 is 0. The third-order valence-electron chi connectivity index (χ3n) is 4.14. The fraction of sp³-hybridized carbons (Fsp3) is 0.412. The van der Waals surface area contributed by atoms with Crippen molar-refractivity contribution in [1.29, 1.82) is 0 Å². The number of alkyl halides is 1. The van der Waals surface area contributed by atoms with Gasteiger partial charge in [0.2, 0.25) is 0 Å². The van der Waals surface area contributed by atoms with Crippen LogP contribution in [0.4, 0.5) is 0 Å². The second kappa shape index (κ2) is 6.14. The monoisotopic (exact) mass is 346 g/mol. The summed E-state index contributed by atoms with van der Waals surface area (Å²) in [7, 11) is 0. The molecule has 0 N–H and O–H groups in total. The van der Waals surface area contributed by atoms with E-state index in [4.69, 9.17) is 0 Å². The predicted molar refractivity (Wildman–Crippen MR) is 88.9 cm³/mol. The quantitative estimate of drug-likeness (QED) is 0.771. The van der Waals surface area contributed by atoms with Crippen molar-refractivity contribution in [1.82, 2.24) is 9.88 Å². The molecule has 110 valence electrons. The van der Waals surface area contributed by atoms with Gasteiger partial charge in [0, 0.05) is 29.0 Å². The van der Waals surface area contributed by atoms with Crippen LogP contribution >= 0.6 is 15.9 Å². The molecule has 1 unspecified atom stereocenters. The Morgan fingerprint density at radius 2 is 2.19 bits per heavy atom. The topological polar surface area (TPSA) is 33.2 Å². The maximum Gasteiger partial charge on any atom is 0.254 e.